The zero-order valence-electron chi connectivity index (χ0n) is 10.3. The fourth-order valence-electron chi connectivity index (χ4n) is 2.56. The minimum absolute atomic E-state index is 0.559. The van der Waals surface area contributed by atoms with Gasteiger partial charge in [-0.05, 0) is 43.5 Å². The summed E-state index contributed by atoms with van der Waals surface area (Å²) in [5.41, 5.74) is 8.77. The molecule has 0 spiro atoms. The third kappa shape index (κ3) is 2.28. The molecule has 0 fully saturated rings. The predicted octanol–water partition coefficient (Wildman–Crippen LogP) is 2.20. The SMILES string of the molecule is CC(CN)CC1c2ccccc2CCN1C. The molecule has 1 aliphatic heterocycles. The van der Waals surface area contributed by atoms with E-state index in [9.17, 15) is 0 Å². The number of likely N-dealkylation sites (N-methyl/N-ethyl adjacent to an activating group) is 1. The fourth-order valence-corrected chi connectivity index (χ4v) is 2.56. The third-order valence-electron chi connectivity index (χ3n) is 3.71. The van der Waals surface area contributed by atoms with Crippen molar-refractivity contribution in [2.24, 2.45) is 11.7 Å². The van der Waals surface area contributed by atoms with Crippen LogP contribution in [0.1, 0.15) is 30.5 Å². The molecule has 0 radical (unpaired) electrons. The van der Waals surface area contributed by atoms with Gasteiger partial charge in [-0.25, -0.2) is 0 Å². The number of nitrogens with zero attached hydrogens (tertiary/aromatic N) is 1. The molecule has 0 saturated heterocycles. The van der Waals surface area contributed by atoms with Gasteiger partial charge < -0.3 is 5.73 Å². The van der Waals surface area contributed by atoms with Crippen LogP contribution in [0.25, 0.3) is 0 Å². The molecule has 2 N–H and O–H groups in total. The lowest BCUT2D eigenvalue weighted by atomic mass is 9.87. The normalized spacial score (nSPS) is 22.8. The predicted molar refractivity (Wildman–Crippen MR) is 68.4 cm³/mol. The van der Waals surface area contributed by atoms with Crippen molar-refractivity contribution in [3.63, 3.8) is 0 Å². The standard InChI is InChI=1S/C14H22N2/c1-11(10-15)9-14-13-6-4-3-5-12(13)7-8-16(14)2/h3-6,11,14H,7-10,15H2,1-2H3. The van der Waals surface area contributed by atoms with Gasteiger partial charge in [-0.3, -0.25) is 4.90 Å². The Hall–Kier alpha value is -0.860. The molecule has 2 unspecified atom stereocenters. The van der Waals surface area contributed by atoms with Gasteiger partial charge in [-0.1, -0.05) is 31.2 Å². The van der Waals surface area contributed by atoms with Gasteiger partial charge in [0.05, 0.1) is 0 Å². The van der Waals surface area contributed by atoms with E-state index in [2.05, 4.69) is 43.1 Å². The highest BCUT2D eigenvalue weighted by Crippen LogP contribution is 2.32. The van der Waals surface area contributed by atoms with Gasteiger partial charge in [0.15, 0.2) is 0 Å². The van der Waals surface area contributed by atoms with Crippen molar-refractivity contribution in [1.29, 1.82) is 0 Å². The number of benzene rings is 1. The lowest BCUT2D eigenvalue weighted by Gasteiger charge is -2.36. The van der Waals surface area contributed by atoms with E-state index in [1.54, 1.807) is 0 Å². The maximum Gasteiger partial charge on any atom is 0.0350 e. The highest BCUT2D eigenvalue weighted by atomic mass is 15.1. The van der Waals surface area contributed by atoms with E-state index in [4.69, 9.17) is 5.73 Å². The summed E-state index contributed by atoms with van der Waals surface area (Å²) >= 11 is 0. The van der Waals surface area contributed by atoms with Gasteiger partial charge in [0, 0.05) is 12.6 Å². The smallest absolute Gasteiger partial charge is 0.0350 e. The summed E-state index contributed by atoms with van der Waals surface area (Å²) < 4.78 is 0. The Morgan fingerprint density at radius 2 is 2.19 bits per heavy atom. The van der Waals surface area contributed by atoms with Crippen molar-refractivity contribution < 1.29 is 0 Å². The molecule has 2 heteroatoms. The lowest BCUT2D eigenvalue weighted by molar-refractivity contribution is 0.200. The van der Waals surface area contributed by atoms with Gasteiger partial charge >= 0.3 is 0 Å². The van der Waals surface area contributed by atoms with E-state index in [1.165, 1.54) is 30.5 Å². The van der Waals surface area contributed by atoms with E-state index < -0.39 is 0 Å². The Morgan fingerprint density at radius 1 is 1.44 bits per heavy atom. The van der Waals surface area contributed by atoms with Crippen LogP contribution in [0.4, 0.5) is 0 Å². The van der Waals surface area contributed by atoms with Crippen molar-refractivity contribution in [3.8, 4) is 0 Å². The van der Waals surface area contributed by atoms with Crippen LogP contribution in [0.15, 0.2) is 24.3 Å². The van der Waals surface area contributed by atoms with Crippen LogP contribution in [-0.4, -0.2) is 25.0 Å². The number of fused-ring (bicyclic) bond motifs is 1. The van der Waals surface area contributed by atoms with E-state index >= 15 is 0 Å². The zero-order valence-corrected chi connectivity index (χ0v) is 10.3. The summed E-state index contributed by atoms with van der Waals surface area (Å²) in [6, 6.07) is 9.40. The highest BCUT2D eigenvalue weighted by Gasteiger charge is 2.25. The summed E-state index contributed by atoms with van der Waals surface area (Å²) in [7, 11) is 2.23. The molecule has 2 rings (SSSR count). The van der Waals surface area contributed by atoms with Gasteiger partial charge in [0.2, 0.25) is 0 Å². The minimum atomic E-state index is 0.559. The average Bonchev–Trinajstić information content (AvgIpc) is 2.32. The van der Waals surface area contributed by atoms with Gasteiger partial charge in [-0.2, -0.15) is 0 Å². The zero-order chi connectivity index (χ0) is 11.5. The van der Waals surface area contributed by atoms with E-state index in [1.807, 2.05) is 0 Å². The molecule has 1 heterocycles. The summed E-state index contributed by atoms with van der Waals surface area (Å²) in [4.78, 5) is 2.47. The molecular weight excluding hydrogens is 196 g/mol. The molecule has 0 aromatic heterocycles. The van der Waals surface area contributed by atoms with E-state index in [0.29, 0.717) is 12.0 Å². The highest BCUT2D eigenvalue weighted by molar-refractivity contribution is 5.32. The van der Waals surface area contributed by atoms with Crippen molar-refractivity contribution in [3.05, 3.63) is 35.4 Å². The van der Waals surface area contributed by atoms with Crippen LogP contribution in [0, 0.1) is 5.92 Å². The molecule has 88 valence electrons. The molecule has 0 amide bonds. The Kier molecular flexibility index (Phi) is 3.62. The fraction of sp³-hybridized carbons (Fsp3) is 0.571. The first-order chi connectivity index (χ1) is 7.72. The van der Waals surface area contributed by atoms with Crippen LogP contribution < -0.4 is 5.73 Å². The van der Waals surface area contributed by atoms with E-state index in [-0.39, 0.29) is 0 Å². The number of hydrogen-bond donors (Lipinski definition) is 1. The van der Waals surface area contributed by atoms with Crippen LogP contribution in [-0.2, 0) is 6.42 Å². The quantitative estimate of drug-likeness (QED) is 0.842. The Morgan fingerprint density at radius 3 is 2.94 bits per heavy atom. The Bertz CT molecular complexity index is 348. The molecule has 0 saturated carbocycles. The minimum Gasteiger partial charge on any atom is -0.330 e. The summed E-state index contributed by atoms with van der Waals surface area (Å²) in [5.74, 6) is 0.596. The summed E-state index contributed by atoms with van der Waals surface area (Å²) in [6.45, 7) is 4.19. The third-order valence-corrected chi connectivity index (χ3v) is 3.71. The lowest BCUT2D eigenvalue weighted by Crippen LogP contribution is -2.34. The number of hydrogen-bond acceptors (Lipinski definition) is 2. The molecule has 1 aromatic carbocycles. The number of nitrogens with two attached hydrogens (primary N) is 1. The topological polar surface area (TPSA) is 29.3 Å². The van der Waals surface area contributed by atoms with Gasteiger partial charge in [0.1, 0.15) is 0 Å². The van der Waals surface area contributed by atoms with Crippen LogP contribution in [0.5, 0.6) is 0 Å². The molecule has 0 aliphatic carbocycles. The first-order valence-corrected chi connectivity index (χ1v) is 6.20. The largest absolute Gasteiger partial charge is 0.330 e. The molecule has 0 bridgehead atoms. The van der Waals surface area contributed by atoms with Crippen LogP contribution in [0.2, 0.25) is 0 Å². The monoisotopic (exact) mass is 218 g/mol. The van der Waals surface area contributed by atoms with E-state index in [0.717, 1.165) is 6.54 Å². The second-order valence-corrected chi connectivity index (χ2v) is 5.02. The molecule has 1 aliphatic rings. The van der Waals surface area contributed by atoms with Crippen molar-refractivity contribution in [2.45, 2.75) is 25.8 Å². The van der Waals surface area contributed by atoms with Gasteiger partial charge in [-0.15, -0.1) is 0 Å². The molecular formula is C14H22N2. The van der Waals surface area contributed by atoms with Crippen LogP contribution in [0.3, 0.4) is 0 Å². The molecule has 1 aromatic rings. The Balaban J connectivity index is 2.22. The average molecular weight is 218 g/mol. The second-order valence-electron chi connectivity index (χ2n) is 5.02. The summed E-state index contributed by atoms with van der Waals surface area (Å²) in [5, 5.41) is 0. The molecule has 16 heavy (non-hydrogen) atoms. The van der Waals surface area contributed by atoms with Crippen LogP contribution >= 0.6 is 0 Å². The first kappa shape index (κ1) is 11.6. The van der Waals surface area contributed by atoms with Gasteiger partial charge in [0.25, 0.3) is 0 Å². The Labute approximate surface area is 98.4 Å². The number of rotatable bonds is 3. The summed E-state index contributed by atoms with van der Waals surface area (Å²) in [6.07, 6.45) is 2.35. The second kappa shape index (κ2) is 4.98. The van der Waals surface area contributed by atoms with Crippen molar-refractivity contribution >= 4 is 0 Å². The maximum atomic E-state index is 5.74. The molecule has 2 nitrogen and oxygen atoms in total. The molecule has 2 atom stereocenters. The maximum absolute atomic E-state index is 5.74. The first-order valence-electron chi connectivity index (χ1n) is 6.20. The van der Waals surface area contributed by atoms with Crippen molar-refractivity contribution in [1.82, 2.24) is 4.90 Å². The van der Waals surface area contributed by atoms with Crippen molar-refractivity contribution in [2.75, 3.05) is 20.1 Å².